The SMILES string of the molecule is Cn1cc(C(=O)O/N=C(\N)c2ccc(F)cc2)cn1. The van der Waals surface area contributed by atoms with Gasteiger partial charge in [0.1, 0.15) is 5.82 Å². The predicted molar refractivity (Wildman–Crippen MR) is 65.7 cm³/mol. The summed E-state index contributed by atoms with van der Waals surface area (Å²) in [5.74, 6) is -1.07. The van der Waals surface area contributed by atoms with Crippen LogP contribution < -0.4 is 5.73 Å². The van der Waals surface area contributed by atoms with Gasteiger partial charge >= 0.3 is 5.97 Å². The van der Waals surface area contributed by atoms with Gasteiger partial charge in [0.15, 0.2) is 5.84 Å². The Morgan fingerprint density at radius 2 is 2.05 bits per heavy atom. The molecule has 2 rings (SSSR count). The number of nitrogens with zero attached hydrogens (tertiary/aromatic N) is 3. The van der Waals surface area contributed by atoms with E-state index >= 15 is 0 Å². The van der Waals surface area contributed by atoms with Gasteiger partial charge in [0, 0.05) is 18.8 Å². The van der Waals surface area contributed by atoms with Gasteiger partial charge in [0.2, 0.25) is 0 Å². The van der Waals surface area contributed by atoms with Gasteiger partial charge in [-0.25, -0.2) is 9.18 Å². The van der Waals surface area contributed by atoms with Crippen LogP contribution in [0.25, 0.3) is 0 Å². The lowest BCUT2D eigenvalue weighted by Gasteiger charge is -2.00. The number of carbonyl (C=O) groups excluding carboxylic acids is 1. The fourth-order valence-corrected chi connectivity index (χ4v) is 1.34. The van der Waals surface area contributed by atoms with E-state index in [1.165, 1.54) is 41.3 Å². The molecule has 98 valence electrons. The average molecular weight is 262 g/mol. The van der Waals surface area contributed by atoms with Gasteiger partial charge in [0.25, 0.3) is 0 Å². The number of benzene rings is 1. The third kappa shape index (κ3) is 3.15. The fourth-order valence-electron chi connectivity index (χ4n) is 1.34. The Morgan fingerprint density at radius 1 is 1.37 bits per heavy atom. The highest BCUT2D eigenvalue weighted by molar-refractivity contribution is 5.98. The Kier molecular flexibility index (Phi) is 3.56. The Labute approximate surface area is 108 Å². The largest absolute Gasteiger partial charge is 0.380 e. The molecule has 2 aromatic rings. The highest BCUT2D eigenvalue weighted by atomic mass is 19.1. The minimum atomic E-state index is -0.668. The van der Waals surface area contributed by atoms with Crippen LogP contribution >= 0.6 is 0 Å². The zero-order valence-electron chi connectivity index (χ0n) is 10.1. The Hall–Kier alpha value is -2.70. The van der Waals surface area contributed by atoms with Crippen LogP contribution in [-0.2, 0) is 11.9 Å². The normalized spacial score (nSPS) is 11.4. The molecule has 2 N–H and O–H groups in total. The number of carbonyl (C=O) groups is 1. The standard InChI is InChI=1S/C12H11FN4O2/c1-17-7-9(6-15-17)12(18)19-16-11(14)8-2-4-10(13)5-3-8/h2-7H,1H3,(H2,14,16). The number of aryl methyl sites for hydroxylation is 1. The molecule has 19 heavy (non-hydrogen) atoms. The first-order chi connectivity index (χ1) is 9.06. The number of hydrogen-bond acceptors (Lipinski definition) is 4. The van der Waals surface area contributed by atoms with Crippen molar-refractivity contribution in [2.75, 3.05) is 0 Å². The van der Waals surface area contributed by atoms with Crippen LogP contribution in [0.5, 0.6) is 0 Å². The van der Waals surface area contributed by atoms with E-state index < -0.39 is 5.97 Å². The van der Waals surface area contributed by atoms with Gasteiger partial charge in [-0.05, 0) is 24.3 Å². The van der Waals surface area contributed by atoms with Crippen molar-refractivity contribution in [2.45, 2.75) is 0 Å². The van der Waals surface area contributed by atoms with Gasteiger partial charge in [0.05, 0.1) is 11.8 Å². The molecule has 1 aromatic carbocycles. The van der Waals surface area contributed by atoms with Crippen molar-refractivity contribution in [3.63, 3.8) is 0 Å². The number of nitrogens with two attached hydrogens (primary N) is 1. The summed E-state index contributed by atoms with van der Waals surface area (Å²) in [7, 11) is 1.67. The van der Waals surface area contributed by atoms with Crippen LogP contribution in [0.3, 0.4) is 0 Å². The molecule has 0 saturated carbocycles. The minimum absolute atomic E-state index is 0.0164. The van der Waals surface area contributed by atoms with Gasteiger partial charge in [-0.1, -0.05) is 5.16 Å². The van der Waals surface area contributed by atoms with E-state index in [9.17, 15) is 9.18 Å². The Balaban J connectivity index is 2.06. The summed E-state index contributed by atoms with van der Waals surface area (Å²) in [6, 6.07) is 5.35. The molecule has 0 aliphatic carbocycles. The minimum Gasteiger partial charge on any atom is -0.380 e. The van der Waals surface area contributed by atoms with Crippen molar-refractivity contribution >= 4 is 11.8 Å². The molecule has 1 heterocycles. The van der Waals surface area contributed by atoms with Crippen molar-refractivity contribution in [2.24, 2.45) is 17.9 Å². The lowest BCUT2D eigenvalue weighted by molar-refractivity contribution is 0.0516. The average Bonchev–Trinajstić information content (AvgIpc) is 2.83. The van der Waals surface area contributed by atoms with Gasteiger partial charge in [-0.2, -0.15) is 5.10 Å². The lowest BCUT2D eigenvalue weighted by atomic mass is 10.2. The first kappa shape index (κ1) is 12.7. The maximum Gasteiger partial charge on any atom is 0.368 e. The van der Waals surface area contributed by atoms with Gasteiger partial charge in [-0.3, -0.25) is 4.68 Å². The van der Waals surface area contributed by atoms with E-state index in [1.54, 1.807) is 7.05 Å². The van der Waals surface area contributed by atoms with Crippen LogP contribution in [0.2, 0.25) is 0 Å². The van der Waals surface area contributed by atoms with Crippen molar-refractivity contribution in [1.29, 1.82) is 0 Å². The molecular weight excluding hydrogens is 251 g/mol. The topological polar surface area (TPSA) is 82.5 Å². The van der Waals surface area contributed by atoms with Crippen LogP contribution in [0, 0.1) is 5.82 Å². The first-order valence-corrected chi connectivity index (χ1v) is 5.35. The van der Waals surface area contributed by atoms with Crippen LogP contribution in [-0.4, -0.2) is 21.6 Å². The second-order valence-corrected chi connectivity index (χ2v) is 3.76. The summed E-state index contributed by atoms with van der Waals surface area (Å²) in [5, 5.41) is 7.32. The number of hydrogen-bond donors (Lipinski definition) is 1. The molecule has 0 spiro atoms. The molecular formula is C12H11FN4O2. The van der Waals surface area contributed by atoms with Gasteiger partial charge in [-0.15, -0.1) is 0 Å². The van der Waals surface area contributed by atoms with E-state index in [0.29, 0.717) is 5.56 Å². The smallest absolute Gasteiger partial charge is 0.368 e. The molecule has 0 aliphatic heterocycles. The van der Waals surface area contributed by atoms with E-state index in [4.69, 9.17) is 5.73 Å². The number of amidine groups is 1. The number of oxime groups is 1. The summed E-state index contributed by atoms with van der Waals surface area (Å²) in [6.45, 7) is 0. The van der Waals surface area contributed by atoms with Crippen molar-refractivity contribution in [3.8, 4) is 0 Å². The molecule has 0 radical (unpaired) electrons. The van der Waals surface area contributed by atoms with Crippen LogP contribution in [0.4, 0.5) is 4.39 Å². The van der Waals surface area contributed by atoms with Crippen molar-refractivity contribution in [1.82, 2.24) is 9.78 Å². The maximum absolute atomic E-state index is 12.7. The molecule has 0 aliphatic rings. The monoisotopic (exact) mass is 262 g/mol. The number of aromatic nitrogens is 2. The van der Waals surface area contributed by atoms with Crippen LogP contribution in [0.1, 0.15) is 15.9 Å². The molecule has 0 bridgehead atoms. The summed E-state index contributed by atoms with van der Waals surface area (Å²) in [4.78, 5) is 16.2. The predicted octanol–water partition coefficient (Wildman–Crippen LogP) is 1.04. The summed E-state index contributed by atoms with van der Waals surface area (Å²) in [6.07, 6.45) is 2.85. The molecule has 7 heteroatoms. The van der Waals surface area contributed by atoms with E-state index in [2.05, 4.69) is 15.1 Å². The van der Waals surface area contributed by atoms with Gasteiger partial charge < -0.3 is 10.6 Å². The van der Waals surface area contributed by atoms with Crippen LogP contribution in [0.15, 0.2) is 41.8 Å². The highest BCUT2D eigenvalue weighted by Crippen LogP contribution is 2.04. The van der Waals surface area contributed by atoms with E-state index in [0.717, 1.165) is 0 Å². The molecule has 0 amide bonds. The summed E-state index contributed by atoms with van der Waals surface area (Å²) < 4.78 is 14.2. The summed E-state index contributed by atoms with van der Waals surface area (Å²) >= 11 is 0. The van der Waals surface area contributed by atoms with Crippen molar-refractivity contribution < 1.29 is 14.0 Å². The molecule has 0 fully saturated rings. The fraction of sp³-hybridized carbons (Fsp3) is 0.0833. The van der Waals surface area contributed by atoms with E-state index in [-0.39, 0.29) is 17.2 Å². The zero-order valence-corrected chi connectivity index (χ0v) is 10.1. The molecule has 0 atom stereocenters. The molecule has 6 nitrogen and oxygen atoms in total. The van der Waals surface area contributed by atoms with Crippen molar-refractivity contribution in [3.05, 3.63) is 53.6 Å². The second kappa shape index (κ2) is 5.30. The highest BCUT2D eigenvalue weighted by Gasteiger charge is 2.10. The molecule has 0 unspecified atom stereocenters. The van der Waals surface area contributed by atoms with E-state index in [1.807, 2.05) is 0 Å². The summed E-state index contributed by atoms with van der Waals surface area (Å²) in [5.41, 5.74) is 6.33. The third-order valence-electron chi connectivity index (χ3n) is 2.31. The second-order valence-electron chi connectivity index (χ2n) is 3.76. The molecule has 0 saturated heterocycles. The Bertz CT molecular complexity index is 619. The maximum atomic E-state index is 12.7. The quantitative estimate of drug-likeness (QED) is 0.388. The number of rotatable bonds is 3. The Morgan fingerprint density at radius 3 is 2.63 bits per heavy atom. The zero-order chi connectivity index (χ0) is 13.8. The molecule has 1 aromatic heterocycles. The number of halogens is 1. The first-order valence-electron chi connectivity index (χ1n) is 5.35. The lowest BCUT2D eigenvalue weighted by Crippen LogP contribution is -2.15. The third-order valence-corrected chi connectivity index (χ3v) is 2.31.